The van der Waals surface area contributed by atoms with Gasteiger partial charge in [0.2, 0.25) is 11.8 Å². The minimum atomic E-state index is -1.56. The topological polar surface area (TPSA) is 117 Å². The fraction of sp³-hybridized carbons (Fsp3) is 0.429. The summed E-state index contributed by atoms with van der Waals surface area (Å²) in [6, 6.07) is 4.32. The monoisotopic (exact) mass is 461 g/mol. The number of likely N-dealkylation sites (tertiary alicyclic amines) is 1. The predicted octanol–water partition coefficient (Wildman–Crippen LogP) is 0.866. The van der Waals surface area contributed by atoms with Crippen LogP contribution in [-0.2, 0) is 15.1 Å². The molecule has 0 radical (unpaired) electrons. The first-order valence-corrected chi connectivity index (χ1v) is 10.3. The highest BCUT2D eigenvalue weighted by Crippen LogP contribution is 2.51. The minimum Gasteiger partial charge on any atom is -0.481 e. The smallest absolute Gasteiger partial charge is 0.319 e. The lowest BCUT2D eigenvalue weighted by Gasteiger charge is -2.41. The van der Waals surface area contributed by atoms with Crippen LogP contribution in [0.2, 0.25) is 5.02 Å². The lowest BCUT2D eigenvalue weighted by Crippen LogP contribution is -2.57. The average Bonchev–Trinajstić information content (AvgIpc) is 3.29. The fourth-order valence-corrected chi connectivity index (χ4v) is 4.71. The molecule has 2 amide bonds. The zero-order valence-electron chi connectivity index (χ0n) is 18.1. The number of carbonyl (C=O) groups excluding carboxylic acids is 2. The van der Waals surface area contributed by atoms with Crippen LogP contribution in [0.15, 0.2) is 24.4 Å². The first-order chi connectivity index (χ1) is 15.2. The van der Waals surface area contributed by atoms with Crippen molar-refractivity contribution in [3.8, 4) is 11.9 Å². The van der Waals surface area contributed by atoms with E-state index in [0.29, 0.717) is 21.8 Å². The third-order valence-electron chi connectivity index (χ3n) is 5.88. The second-order valence-corrected chi connectivity index (χ2v) is 8.36. The quantitative estimate of drug-likeness (QED) is 0.673. The molecule has 2 aromatic rings. The third kappa shape index (κ3) is 3.26. The molecular formula is C21H24ClN5O5. The number of benzene rings is 1. The van der Waals surface area contributed by atoms with E-state index < -0.39 is 23.6 Å². The molecule has 2 aliphatic heterocycles. The number of halogens is 1. The van der Waals surface area contributed by atoms with Crippen LogP contribution >= 0.6 is 11.6 Å². The first kappa shape index (κ1) is 22.3. The van der Waals surface area contributed by atoms with Crippen LogP contribution < -0.4 is 14.8 Å². The van der Waals surface area contributed by atoms with Crippen molar-refractivity contribution in [2.75, 3.05) is 40.2 Å². The largest absolute Gasteiger partial charge is 0.481 e. The van der Waals surface area contributed by atoms with Crippen LogP contribution in [0.1, 0.15) is 17.5 Å². The molecule has 0 saturated carbocycles. The van der Waals surface area contributed by atoms with Gasteiger partial charge in [0.15, 0.2) is 5.54 Å². The van der Waals surface area contributed by atoms with E-state index in [1.807, 2.05) is 0 Å². The predicted molar refractivity (Wildman–Crippen MR) is 116 cm³/mol. The number of methoxy groups -OCH3 is 2. The van der Waals surface area contributed by atoms with Crippen LogP contribution in [0.5, 0.6) is 11.9 Å². The SMILES string of the molecule is COc1ncc(C2(N3C[C@H](O)C[C@H]3C(=O)N(C)C)C(=O)Nc3ccc(Cl)cc32)c(OC)n1. The Labute approximate surface area is 190 Å². The van der Waals surface area contributed by atoms with Gasteiger partial charge in [-0.3, -0.25) is 14.5 Å². The molecular weight excluding hydrogens is 438 g/mol. The number of amides is 2. The molecule has 0 bridgehead atoms. The second-order valence-electron chi connectivity index (χ2n) is 7.92. The summed E-state index contributed by atoms with van der Waals surface area (Å²) in [5, 5.41) is 13.9. The van der Waals surface area contributed by atoms with Crippen molar-refractivity contribution in [2.24, 2.45) is 0 Å². The number of aliphatic hydroxyl groups is 1. The molecule has 3 heterocycles. The standard InChI is InChI=1S/C21H24ClN5O5/c1-26(2)18(29)16-8-12(28)10-27(16)21(14-9-23-20(32-4)25-17(14)31-3)13-7-11(22)5-6-15(13)24-19(21)30/h5-7,9,12,16,28H,8,10H2,1-4H3,(H,24,30)/t12-,16+,21?/m1/s1. The van der Waals surface area contributed by atoms with Crippen molar-refractivity contribution in [3.63, 3.8) is 0 Å². The highest BCUT2D eigenvalue weighted by Gasteiger charge is 2.60. The molecule has 2 N–H and O–H groups in total. The number of anilines is 1. The zero-order chi connectivity index (χ0) is 23.2. The van der Waals surface area contributed by atoms with E-state index in [-0.39, 0.29) is 30.8 Å². The van der Waals surface area contributed by atoms with Gasteiger partial charge in [0, 0.05) is 43.1 Å². The molecule has 4 rings (SSSR count). The molecule has 1 aromatic carbocycles. The molecule has 11 heteroatoms. The summed E-state index contributed by atoms with van der Waals surface area (Å²) in [6.45, 7) is 0.0683. The maximum atomic E-state index is 13.8. The van der Waals surface area contributed by atoms with Crippen molar-refractivity contribution >= 4 is 29.1 Å². The van der Waals surface area contributed by atoms with E-state index in [0.717, 1.165) is 0 Å². The number of hydrogen-bond acceptors (Lipinski definition) is 8. The Morgan fingerprint density at radius 3 is 2.72 bits per heavy atom. The fourth-order valence-electron chi connectivity index (χ4n) is 4.54. The summed E-state index contributed by atoms with van der Waals surface area (Å²) in [5.74, 6) is -0.553. The lowest BCUT2D eigenvalue weighted by molar-refractivity contribution is -0.138. The van der Waals surface area contributed by atoms with Gasteiger partial charge in [-0.1, -0.05) is 11.6 Å². The van der Waals surface area contributed by atoms with Gasteiger partial charge in [0.25, 0.3) is 5.91 Å². The molecule has 32 heavy (non-hydrogen) atoms. The Balaban J connectivity index is 2.03. The molecule has 1 aromatic heterocycles. The highest BCUT2D eigenvalue weighted by molar-refractivity contribution is 6.31. The summed E-state index contributed by atoms with van der Waals surface area (Å²) in [4.78, 5) is 38.5. The Morgan fingerprint density at radius 2 is 2.06 bits per heavy atom. The number of nitrogens with zero attached hydrogens (tertiary/aromatic N) is 4. The maximum absolute atomic E-state index is 13.8. The number of hydrogen-bond donors (Lipinski definition) is 2. The Morgan fingerprint density at radius 1 is 1.31 bits per heavy atom. The molecule has 0 aliphatic carbocycles. The molecule has 1 unspecified atom stereocenters. The number of nitrogens with one attached hydrogen (secondary N) is 1. The number of likely N-dealkylation sites (N-methyl/N-ethyl adjacent to an activating group) is 1. The molecule has 2 aliphatic rings. The maximum Gasteiger partial charge on any atom is 0.319 e. The molecule has 170 valence electrons. The number of β-amino-alcohol motifs (C(OH)–C–C–N with tert-alkyl or cyclic N) is 1. The minimum absolute atomic E-state index is 0.0628. The van der Waals surface area contributed by atoms with Gasteiger partial charge >= 0.3 is 6.01 Å². The summed E-state index contributed by atoms with van der Waals surface area (Å²) in [6.07, 6.45) is 0.797. The summed E-state index contributed by atoms with van der Waals surface area (Å²) in [7, 11) is 6.11. The van der Waals surface area contributed by atoms with Crippen LogP contribution in [0.4, 0.5) is 5.69 Å². The van der Waals surface area contributed by atoms with Crippen molar-refractivity contribution in [1.82, 2.24) is 19.8 Å². The highest BCUT2D eigenvalue weighted by atomic mass is 35.5. The van der Waals surface area contributed by atoms with E-state index in [4.69, 9.17) is 21.1 Å². The Bertz CT molecular complexity index is 1080. The van der Waals surface area contributed by atoms with Crippen LogP contribution in [0, 0.1) is 0 Å². The van der Waals surface area contributed by atoms with Crippen LogP contribution in [-0.4, -0.2) is 83.7 Å². The third-order valence-corrected chi connectivity index (χ3v) is 6.12. The van der Waals surface area contributed by atoms with Crippen molar-refractivity contribution < 1.29 is 24.2 Å². The molecule has 10 nitrogen and oxygen atoms in total. The molecule has 1 saturated heterocycles. The molecule has 0 spiro atoms. The van der Waals surface area contributed by atoms with Crippen molar-refractivity contribution in [2.45, 2.75) is 24.1 Å². The van der Waals surface area contributed by atoms with Gasteiger partial charge in [0.05, 0.1) is 31.9 Å². The summed E-state index contributed by atoms with van der Waals surface area (Å²) < 4.78 is 10.6. The van der Waals surface area contributed by atoms with Gasteiger partial charge in [-0.2, -0.15) is 4.98 Å². The van der Waals surface area contributed by atoms with E-state index in [1.54, 1.807) is 37.2 Å². The molecule has 1 fully saturated rings. The van der Waals surface area contributed by atoms with E-state index in [1.165, 1.54) is 25.3 Å². The van der Waals surface area contributed by atoms with Gasteiger partial charge in [-0.25, -0.2) is 4.98 Å². The average molecular weight is 462 g/mol. The Hall–Kier alpha value is -2.95. The normalized spacial score (nSPS) is 24.8. The lowest BCUT2D eigenvalue weighted by atomic mass is 9.82. The number of aliphatic hydroxyl groups excluding tert-OH is 1. The van der Waals surface area contributed by atoms with Gasteiger partial charge in [-0.15, -0.1) is 0 Å². The molecule has 3 atom stereocenters. The van der Waals surface area contributed by atoms with E-state index in [9.17, 15) is 14.7 Å². The van der Waals surface area contributed by atoms with Gasteiger partial charge in [-0.05, 0) is 24.6 Å². The summed E-state index contributed by atoms with van der Waals surface area (Å²) in [5.41, 5.74) is -0.196. The zero-order valence-corrected chi connectivity index (χ0v) is 18.9. The van der Waals surface area contributed by atoms with E-state index >= 15 is 0 Å². The van der Waals surface area contributed by atoms with Crippen molar-refractivity contribution in [3.05, 3.63) is 40.5 Å². The number of ether oxygens (including phenoxy) is 2. The van der Waals surface area contributed by atoms with Crippen molar-refractivity contribution in [1.29, 1.82) is 0 Å². The Kier molecular flexibility index (Phi) is 5.70. The number of rotatable bonds is 5. The van der Waals surface area contributed by atoms with Gasteiger partial charge < -0.3 is 24.8 Å². The number of carbonyl (C=O) groups is 2. The van der Waals surface area contributed by atoms with E-state index in [2.05, 4.69) is 15.3 Å². The van der Waals surface area contributed by atoms with Crippen LogP contribution in [0.25, 0.3) is 0 Å². The number of fused-ring (bicyclic) bond motifs is 1. The van der Waals surface area contributed by atoms with Gasteiger partial charge in [0.1, 0.15) is 0 Å². The summed E-state index contributed by atoms with van der Waals surface area (Å²) >= 11 is 6.33. The second kappa shape index (κ2) is 8.19. The first-order valence-electron chi connectivity index (χ1n) is 9.97. The van der Waals surface area contributed by atoms with Crippen LogP contribution in [0.3, 0.4) is 0 Å². The number of aromatic nitrogens is 2.